The molecule has 0 N–H and O–H groups in total. The molecule has 0 amide bonds. The van der Waals surface area contributed by atoms with Crippen LogP contribution < -0.4 is 10.9 Å². The molecule has 1 radical (unpaired) electrons. The summed E-state index contributed by atoms with van der Waals surface area (Å²) in [7, 11) is 2.31. The van der Waals surface area contributed by atoms with E-state index in [9.17, 15) is 0 Å². The van der Waals surface area contributed by atoms with Gasteiger partial charge in [0.05, 0.1) is 0 Å². The molecule has 23 heavy (non-hydrogen) atoms. The molecule has 0 aromatic heterocycles. The third kappa shape index (κ3) is 2.43. The van der Waals surface area contributed by atoms with Gasteiger partial charge in [0, 0.05) is 0 Å². The largest absolute Gasteiger partial charge is 0.193 e. The third-order valence-corrected chi connectivity index (χ3v) is 4.66. The Morgan fingerprint density at radius 3 is 1.30 bits per heavy atom. The number of aryl methyl sites for hydroxylation is 2. The quantitative estimate of drug-likeness (QED) is 0.484. The molecule has 0 bridgehead atoms. The van der Waals surface area contributed by atoms with Crippen LogP contribution in [0.5, 0.6) is 0 Å². The number of fused-ring (bicyclic) bond motifs is 2. The Labute approximate surface area is 138 Å². The predicted molar refractivity (Wildman–Crippen MR) is 102 cm³/mol. The Morgan fingerprint density at radius 2 is 0.870 bits per heavy atom. The van der Waals surface area contributed by atoms with Gasteiger partial charge < -0.3 is 0 Å². The van der Waals surface area contributed by atoms with Gasteiger partial charge in [-0.2, -0.15) is 0 Å². The lowest BCUT2D eigenvalue weighted by Crippen LogP contribution is -2.28. The molecule has 4 aromatic rings. The van der Waals surface area contributed by atoms with Crippen molar-refractivity contribution in [1.82, 2.24) is 0 Å². The van der Waals surface area contributed by atoms with Gasteiger partial charge in [0.15, 0.2) is 7.28 Å². The number of hydrogen-bond acceptors (Lipinski definition) is 0. The summed E-state index contributed by atoms with van der Waals surface area (Å²) < 4.78 is 0. The summed E-state index contributed by atoms with van der Waals surface area (Å²) in [5.74, 6) is 0. The summed E-state index contributed by atoms with van der Waals surface area (Å²) >= 11 is 0. The highest BCUT2D eigenvalue weighted by Crippen LogP contribution is 2.18. The van der Waals surface area contributed by atoms with E-state index < -0.39 is 0 Å². The molecule has 0 aliphatic rings. The fraction of sp³-hybridized carbons (Fsp3) is 0.0909. The number of hydrogen-bond donors (Lipinski definition) is 0. The van der Waals surface area contributed by atoms with Gasteiger partial charge in [-0.1, -0.05) is 83.7 Å². The summed E-state index contributed by atoms with van der Waals surface area (Å²) in [5, 5.41) is 5.30. The minimum Gasteiger partial charge on any atom is -0.0737 e. The lowest BCUT2D eigenvalue weighted by molar-refractivity contribution is 1.54. The topological polar surface area (TPSA) is 0 Å². The van der Waals surface area contributed by atoms with Gasteiger partial charge in [-0.15, -0.1) is 0 Å². The lowest BCUT2D eigenvalue weighted by Gasteiger charge is -2.11. The minimum atomic E-state index is 1.28. The van der Waals surface area contributed by atoms with Crippen LogP contribution in [0.25, 0.3) is 21.5 Å². The normalized spacial score (nSPS) is 11.0. The summed E-state index contributed by atoms with van der Waals surface area (Å²) in [6, 6.07) is 26.2. The van der Waals surface area contributed by atoms with Crippen LogP contribution in [-0.4, -0.2) is 7.28 Å². The van der Waals surface area contributed by atoms with E-state index in [1.807, 2.05) is 0 Å². The van der Waals surface area contributed by atoms with Crippen molar-refractivity contribution in [2.45, 2.75) is 13.8 Å². The van der Waals surface area contributed by atoms with Crippen molar-refractivity contribution in [2.75, 3.05) is 0 Å². The van der Waals surface area contributed by atoms with E-state index in [1.54, 1.807) is 0 Å². The molecule has 4 aromatic carbocycles. The molecular formula is C22H18B. The van der Waals surface area contributed by atoms with E-state index in [0.717, 1.165) is 0 Å². The Bertz CT molecular complexity index is 931. The summed E-state index contributed by atoms with van der Waals surface area (Å²) in [6.07, 6.45) is 0. The second-order valence-electron chi connectivity index (χ2n) is 6.18. The standard InChI is InChI=1S/C22H18B/c1-15-11-13-21(19-9-5-3-7-17(15)19)23-22-14-12-16(2)18-8-4-6-10-20(18)22/h3-14H,1-2H3. The molecule has 0 saturated carbocycles. The molecular weight excluding hydrogens is 275 g/mol. The number of benzene rings is 4. The summed E-state index contributed by atoms with van der Waals surface area (Å²) in [4.78, 5) is 0. The summed E-state index contributed by atoms with van der Waals surface area (Å²) in [5.41, 5.74) is 5.21. The molecule has 0 atom stereocenters. The van der Waals surface area contributed by atoms with Crippen molar-refractivity contribution in [3.63, 3.8) is 0 Å². The molecule has 0 heterocycles. The average Bonchev–Trinajstić information content (AvgIpc) is 2.60. The Morgan fingerprint density at radius 1 is 0.478 bits per heavy atom. The Kier molecular flexibility index (Phi) is 3.42. The molecule has 1 heteroatoms. The first kappa shape index (κ1) is 14.1. The van der Waals surface area contributed by atoms with Gasteiger partial charge in [0.25, 0.3) is 0 Å². The van der Waals surface area contributed by atoms with E-state index in [4.69, 9.17) is 0 Å². The van der Waals surface area contributed by atoms with Crippen LogP contribution in [0.15, 0.2) is 72.8 Å². The van der Waals surface area contributed by atoms with E-state index in [2.05, 4.69) is 93.9 Å². The predicted octanol–water partition coefficient (Wildman–Crippen LogP) is 4.26. The van der Waals surface area contributed by atoms with Crippen molar-refractivity contribution < 1.29 is 0 Å². The highest BCUT2D eigenvalue weighted by Gasteiger charge is 2.09. The molecule has 0 saturated heterocycles. The van der Waals surface area contributed by atoms with Gasteiger partial charge >= 0.3 is 0 Å². The van der Waals surface area contributed by atoms with Gasteiger partial charge in [0.1, 0.15) is 0 Å². The van der Waals surface area contributed by atoms with Crippen molar-refractivity contribution >= 4 is 39.8 Å². The van der Waals surface area contributed by atoms with Crippen molar-refractivity contribution in [3.8, 4) is 0 Å². The van der Waals surface area contributed by atoms with Crippen LogP contribution in [0.4, 0.5) is 0 Å². The molecule has 0 aliphatic heterocycles. The fourth-order valence-corrected chi connectivity index (χ4v) is 3.37. The molecule has 0 fully saturated rings. The number of rotatable bonds is 2. The zero-order chi connectivity index (χ0) is 15.8. The van der Waals surface area contributed by atoms with E-state index in [0.29, 0.717) is 0 Å². The monoisotopic (exact) mass is 293 g/mol. The first-order valence-electron chi connectivity index (χ1n) is 8.05. The van der Waals surface area contributed by atoms with Crippen LogP contribution in [-0.2, 0) is 0 Å². The molecule has 0 aliphatic carbocycles. The summed E-state index contributed by atoms with van der Waals surface area (Å²) in [6.45, 7) is 4.35. The fourth-order valence-electron chi connectivity index (χ4n) is 3.37. The second-order valence-corrected chi connectivity index (χ2v) is 6.18. The highest BCUT2D eigenvalue weighted by molar-refractivity contribution is 6.72. The van der Waals surface area contributed by atoms with Crippen molar-refractivity contribution in [2.24, 2.45) is 0 Å². The lowest BCUT2D eigenvalue weighted by atomic mass is 9.61. The van der Waals surface area contributed by atoms with Gasteiger partial charge in [-0.25, -0.2) is 0 Å². The Balaban J connectivity index is 1.89. The highest BCUT2D eigenvalue weighted by atomic mass is 14.0. The smallest absolute Gasteiger partial charge is 0.0737 e. The Hall–Kier alpha value is -2.54. The molecule has 4 rings (SSSR count). The van der Waals surface area contributed by atoms with Crippen molar-refractivity contribution in [1.29, 1.82) is 0 Å². The first-order chi connectivity index (χ1) is 11.2. The van der Waals surface area contributed by atoms with E-state index >= 15 is 0 Å². The van der Waals surface area contributed by atoms with Crippen LogP contribution >= 0.6 is 0 Å². The molecule has 109 valence electrons. The molecule has 0 spiro atoms. The maximum atomic E-state index is 2.31. The zero-order valence-electron chi connectivity index (χ0n) is 13.5. The maximum absolute atomic E-state index is 2.31. The maximum Gasteiger partial charge on any atom is 0.193 e. The third-order valence-electron chi connectivity index (χ3n) is 4.66. The SMILES string of the molecule is Cc1ccc([B]c2ccc(C)c3ccccc23)c2ccccc12. The zero-order valence-corrected chi connectivity index (χ0v) is 13.5. The average molecular weight is 293 g/mol. The van der Waals surface area contributed by atoms with Crippen molar-refractivity contribution in [3.05, 3.63) is 83.9 Å². The van der Waals surface area contributed by atoms with Crippen LogP contribution in [0, 0.1) is 13.8 Å². The van der Waals surface area contributed by atoms with E-state index in [-0.39, 0.29) is 0 Å². The van der Waals surface area contributed by atoms with Gasteiger partial charge in [-0.3, -0.25) is 0 Å². The van der Waals surface area contributed by atoms with E-state index in [1.165, 1.54) is 43.6 Å². The van der Waals surface area contributed by atoms with Gasteiger partial charge in [0.2, 0.25) is 0 Å². The van der Waals surface area contributed by atoms with Crippen LogP contribution in [0.1, 0.15) is 11.1 Å². The second kappa shape index (κ2) is 5.59. The molecule has 0 nitrogen and oxygen atoms in total. The van der Waals surface area contributed by atoms with Crippen LogP contribution in [0.2, 0.25) is 0 Å². The van der Waals surface area contributed by atoms with Crippen LogP contribution in [0.3, 0.4) is 0 Å². The molecule has 0 unspecified atom stereocenters. The minimum absolute atomic E-state index is 1.28. The van der Waals surface area contributed by atoms with Gasteiger partial charge in [-0.05, 0) is 46.5 Å². The first-order valence-corrected chi connectivity index (χ1v) is 8.05.